The van der Waals surface area contributed by atoms with E-state index in [1.165, 1.54) is 13.8 Å². The van der Waals surface area contributed by atoms with Gasteiger partial charge in [-0.3, -0.25) is 0 Å². The normalized spacial score (nSPS) is 10.1. The molecule has 10 heavy (non-hydrogen) atoms. The molecule has 0 aromatic carbocycles. The van der Waals surface area contributed by atoms with Crippen LogP contribution in [0.15, 0.2) is 0 Å². The molecule has 0 heterocycles. The summed E-state index contributed by atoms with van der Waals surface area (Å²) in [6.45, 7) is 2.39. The van der Waals surface area contributed by atoms with E-state index in [0.717, 1.165) is 0 Å². The van der Waals surface area contributed by atoms with E-state index in [1.54, 1.807) is 0 Å². The van der Waals surface area contributed by atoms with Gasteiger partial charge < -0.3 is 0 Å². The molecule has 0 fully saturated rings. The first kappa shape index (κ1) is 9.89. The minimum absolute atomic E-state index is 0.544. The fraction of sp³-hybridized carbons (Fsp3) is 0.500. The second-order valence-corrected chi connectivity index (χ2v) is 3.79. The molecule has 0 aromatic rings. The Balaban J connectivity index is 3.53. The molecule has 0 aliphatic carbocycles. The number of hydrogen-bond acceptors (Lipinski definition) is 4. The molecule has 0 spiro atoms. The number of carbonyl (C=O) groups is 2. The zero-order valence-electron chi connectivity index (χ0n) is 5.33. The van der Waals surface area contributed by atoms with Crippen LogP contribution >= 0.6 is 9.53 Å². The molecule has 0 atom stereocenters. The average molecular weight is 260 g/mol. The minimum atomic E-state index is -2.35. The summed E-state index contributed by atoms with van der Waals surface area (Å²) in [6.07, 6.45) is 0. The SMILES string of the molecule is CC(=O)[O][Pd]([Cl])[O]C(C)=O. The molecule has 0 unspecified atom stereocenters. The van der Waals surface area contributed by atoms with Crippen LogP contribution in [0.3, 0.4) is 0 Å². The van der Waals surface area contributed by atoms with E-state index in [1.807, 2.05) is 0 Å². The van der Waals surface area contributed by atoms with Gasteiger partial charge in [0.25, 0.3) is 0 Å². The van der Waals surface area contributed by atoms with E-state index in [9.17, 15) is 9.59 Å². The molecule has 0 N–H and O–H groups in total. The molecule has 0 bridgehead atoms. The Morgan fingerprint density at radius 3 is 1.70 bits per heavy atom. The predicted molar refractivity (Wildman–Crippen MR) is 29.4 cm³/mol. The van der Waals surface area contributed by atoms with Gasteiger partial charge in [0, 0.05) is 0 Å². The van der Waals surface area contributed by atoms with Gasteiger partial charge in [-0.15, -0.1) is 0 Å². The fourth-order valence-corrected chi connectivity index (χ4v) is 1.74. The van der Waals surface area contributed by atoms with Crippen molar-refractivity contribution in [1.29, 1.82) is 0 Å². The predicted octanol–water partition coefficient (Wildman–Crippen LogP) is 0.715. The van der Waals surface area contributed by atoms with Crippen molar-refractivity contribution in [2.45, 2.75) is 13.8 Å². The molecular weight excluding hydrogens is 254 g/mol. The Bertz CT molecular complexity index is 132. The molecule has 0 aromatic heterocycles. The molecule has 0 rings (SSSR count). The molecule has 0 aliphatic rings. The van der Waals surface area contributed by atoms with Crippen LogP contribution in [-0.4, -0.2) is 11.9 Å². The number of halogens is 1. The summed E-state index contributed by atoms with van der Waals surface area (Å²) < 4.78 is 8.72. The van der Waals surface area contributed by atoms with Gasteiger partial charge in [0.15, 0.2) is 0 Å². The summed E-state index contributed by atoms with van der Waals surface area (Å²) in [6, 6.07) is 0. The first-order valence-corrected chi connectivity index (χ1v) is 5.47. The molecule has 6 heteroatoms. The molecule has 0 amide bonds. The van der Waals surface area contributed by atoms with E-state index >= 15 is 0 Å². The van der Waals surface area contributed by atoms with Crippen molar-refractivity contribution < 1.29 is 33.0 Å². The van der Waals surface area contributed by atoms with Crippen molar-refractivity contribution >= 4 is 21.5 Å². The molecule has 63 valence electrons. The van der Waals surface area contributed by atoms with Gasteiger partial charge in [-0.2, -0.15) is 0 Å². The topological polar surface area (TPSA) is 52.6 Å². The standard InChI is InChI=1S/2C2H4O2.ClH.Pd/c2*1-2(3)4;;/h2*1H3,(H,3,4);1H;/q;;;+3/p-3. The van der Waals surface area contributed by atoms with Gasteiger partial charge in [0.05, 0.1) is 0 Å². The van der Waals surface area contributed by atoms with Crippen LogP contribution in [0.25, 0.3) is 0 Å². The summed E-state index contributed by atoms with van der Waals surface area (Å²) in [5, 5.41) is 0. The molecule has 4 nitrogen and oxygen atoms in total. The summed E-state index contributed by atoms with van der Waals surface area (Å²) in [7, 11) is 5.30. The van der Waals surface area contributed by atoms with Gasteiger partial charge in [-0.05, 0) is 0 Å². The third kappa shape index (κ3) is 6.02. The van der Waals surface area contributed by atoms with Crippen LogP contribution in [0.5, 0.6) is 0 Å². The van der Waals surface area contributed by atoms with Crippen LogP contribution in [0.4, 0.5) is 0 Å². The van der Waals surface area contributed by atoms with Gasteiger partial charge >= 0.3 is 68.3 Å². The van der Waals surface area contributed by atoms with E-state index in [0.29, 0.717) is 0 Å². The summed E-state index contributed by atoms with van der Waals surface area (Å²) in [5.74, 6) is -1.09. The average Bonchev–Trinajstić information content (AvgIpc) is 1.58. The third-order valence-electron chi connectivity index (χ3n) is 0.283. The summed E-state index contributed by atoms with van der Waals surface area (Å²) >= 11 is -2.35. The van der Waals surface area contributed by atoms with E-state index < -0.39 is 28.4 Å². The first-order chi connectivity index (χ1) is 4.52. The van der Waals surface area contributed by atoms with E-state index in [2.05, 4.69) is 6.92 Å². The van der Waals surface area contributed by atoms with E-state index in [-0.39, 0.29) is 0 Å². The van der Waals surface area contributed by atoms with Crippen molar-refractivity contribution in [1.82, 2.24) is 0 Å². The van der Waals surface area contributed by atoms with Crippen LogP contribution in [-0.2, 0) is 33.0 Å². The number of rotatable bonds is 2. The maximum atomic E-state index is 10.2. The van der Waals surface area contributed by atoms with Gasteiger partial charge in [0.2, 0.25) is 0 Å². The van der Waals surface area contributed by atoms with Crippen molar-refractivity contribution in [2.24, 2.45) is 0 Å². The Morgan fingerprint density at radius 2 is 1.50 bits per heavy atom. The number of hydrogen-bond donors (Lipinski definition) is 0. The second-order valence-electron chi connectivity index (χ2n) is 1.26. The van der Waals surface area contributed by atoms with Gasteiger partial charge in [0.1, 0.15) is 0 Å². The van der Waals surface area contributed by atoms with Crippen LogP contribution in [0.1, 0.15) is 13.8 Å². The summed E-state index contributed by atoms with van der Waals surface area (Å²) in [4.78, 5) is 20.3. The molecule has 0 saturated heterocycles. The van der Waals surface area contributed by atoms with Crippen LogP contribution < -0.4 is 0 Å². The Morgan fingerprint density at radius 1 is 1.20 bits per heavy atom. The van der Waals surface area contributed by atoms with Crippen molar-refractivity contribution in [3.05, 3.63) is 0 Å². The Kier molecular flexibility index (Phi) is 4.62. The monoisotopic (exact) mass is 259 g/mol. The second kappa shape index (κ2) is 4.67. The van der Waals surface area contributed by atoms with Gasteiger partial charge in [-0.25, -0.2) is 0 Å². The first-order valence-electron chi connectivity index (χ1n) is 2.19. The summed E-state index contributed by atoms with van der Waals surface area (Å²) in [5.41, 5.74) is 0. The van der Waals surface area contributed by atoms with Crippen molar-refractivity contribution in [3.8, 4) is 0 Å². The van der Waals surface area contributed by atoms with Gasteiger partial charge in [-0.1, -0.05) is 0 Å². The van der Waals surface area contributed by atoms with Crippen LogP contribution in [0, 0.1) is 0 Å². The van der Waals surface area contributed by atoms with Crippen LogP contribution in [0.2, 0.25) is 0 Å². The molecule has 0 aliphatic heterocycles. The molecule has 0 radical (unpaired) electrons. The fourth-order valence-electron chi connectivity index (χ4n) is 0.156. The quantitative estimate of drug-likeness (QED) is 0.686. The zero-order chi connectivity index (χ0) is 8.15. The molecule has 0 saturated carbocycles. The molecular formula is C4H6ClO4Pd. The Hall–Kier alpha value is -0.108. The number of carbonyl (C=O) groups excluding carboxylic acids is 2. The van der Waals surface area contributed by atoms with Crippen molar-refractivity contribution in [3.63, 3.8) is 0 Å². The van der Waals surface area contributed by atoms with Crippen molar-refractivity contribution in [2.75, 3.05) is 0 Å². The Labute approximate surface area is 68.6 Å². The third-order valence-corrected chi connectivity index (χ3v) is 2.25. The maximum absolute atomic E-state index is 10.2. The van der Waals surface area contributed by atoms with E-state index in [4.69, 9.17) is 9.53 Å². The zero-order valence-corrected chi connectivity index (χ0v) is 7.64.